The Kier molecular flexibility index (Phi) is 13.9. The van der Waals surface area contributed by atoms with Crippen LogP contribution in [-0.2, 0) is 11.2 Å². The minimum atomic E-state index is 0. The Morgan fingerprint density at radius 3 is 2.39 bits per heavy atom. The summed E-state index contributed by atoms with van der Waals surface area (Å²) in [6.07, 6.45) is 3.11. The van der Waals surface area contributed by atoms with Gasteiger partial charge in [-0.1, -0.05) is 12.1 Å². The third kappa shape index (κ3) is 10.4. The van der Waals surface area contributed by atoms with Crippen LogP contribution >= 0.6 is 24.0 Å². The number of guanidine groups is 1. The summed E-state index contributed by atoms with van der Waals surface area (Å²) >= 11 is 0. The molecule has 1 aromatic rings. The molecule has 2 N–H and O–H groups in total. The smallest absolute Gasteiger partial charge is 0.190 e. The lowest BCUT2D eigenvalue weighted by atomic mass is 10.1. The van der Waals surface area contributed by atoms with Crippen LogP contribution in [-0.4, -0.2) is 46.4 Å². The number of aliphatic imine (C=N–C) groups is 1. The van der Waals surface area contributed by atoms with Gasteiger partial charge in [-0.25, -0.2) is 0 Å². The lowest BCUT2D eigenvalue weighted by Crippen LogP contribution is -2.38. The van der Waals surface area contributed by atoms with Crippen LogP contribution in [0.3, 0.4) is 0 Å². The Morgan fingerprint density at radius 2 is 1.78 bits per heavy atom. The van der Waals surface area contributed by atoms with Crippen molar-refractivity contribution >= 4 is 29.9 Å². The quantitative estimate of drug-likeness (QED) is 0.257. The molecule has 0 saturated heterocycles. The number of hydrogen-bond donors (Lipinski definition) is 2. The molecular weight excluding hydrogens is 405 g/mol. The maximum Gasteiger partial charge on any atom is 0.190 e. The van der Waals surface area contributed by atoms with E-state index in [9.17, 15) is 0 Å². The number of rotatable bonds is 10. The molecule has 1 aromatic carbocycles. The van der Waals surface area contributed by atoms with E-state index in [1.807, 2.05) is 19.1 Å². The average molecular weight is 435 g/mol. The number of unbranched alkanes of at least 4 members (excludes halogenated alkanes) is 1. The second-order valence-electron chi connectivity index (χ2n) is 4.93. The molecule has 0 aliphatic carbocycles. The van der Waals surface area contributed by atoms with Crippen LogP contribution in [0.1, 0.15) is 25.3 Å². The average Bonchev–Trinajstić information content (AvgIpc) is 2.57. The maximum atomic E-state index is 5.31. The second-order valence-corrected chi connectivity index (χ2v) is 4.93. The molecule has 0 aromatic heterocycles. The Morgan fingerprint density at radius 1 is 1.09 bits per heavy atom. The van der Waals surface area contributed by atoms with E-state index in [1.165, 1.54) is 5.56 Å². The van der Waals surface area contributed by atoms with Crippen LogP contribution in [0.25, 0.3) is 0 Å². The highest BCUT2D eigenvalue weighted by Gasteiger charge is 1.98. The van der Waals surface area contributed by atoms with Gasteiger partial charge in [0.25, 0.3) is 0 Å². The third-order valence-corrected chi connectivity index (χ3v) is 3.30. The number of benzene rings is 1. The molecule has 0 fully saturated rings. The molecule has 0 aliphatic heterocycles. The molecule has 5 nitrogen and oxygen atoms in total. The van der Waals surface area contributed by atoms with E-state index in [0.29, 0.717) is 0 Å². The molecular formula is C17H30IN3O2. The SMILES string of the molecule is CCOCCCCNC(=NC)NCCc1ccc(OC)cc1.I. The standard InChI is InChI=1S/C17H29N3O2.HI/c1-4-22-14-6-5-12-19-17(18-2)20-13-11-15-7-9-16(21-3)10-8-15;/h7-10H,4-6,11-14H2,1-3H3,(H2,18,19,20);1H. The molecule has 0 radical (unpaired) electrons. The van der Waals surface area contributed by atoms with Crippen LogP contribution in [0, 0.1) is 0 Å². The topological polar surface area (TPSA) is 54.9 Å². The van der Waals surface area contributed by atoms with Gasteiger partial charge in [0.05, 0.1) is 7.11 Å². The molecule has 23 heavy (non-hydrogen) atoms. The molecule has 0 heterocycles. The molecule has 0 aliphatic rings. The summed E-state index contributed by atoms with van der Waals surface area (Å²) in [4.78, 5) is 4.22. The van der Waals surface area contributed by atoms with Gasteiger partial charge in [0.1, 0.15) is 5.75 Å². The third-order valence-electron chi connectivity index (χ3n) is 3.30. The lowest BCUT2D eigenvalue weighted by Gasteiger charge is -2.12. The van der Waals surface area contributed by atoms with Crippen molar-refractivity contribution in [2.45, 2.75) is 26.2 Å². The molecule has 0 atom stereocenters. The fourth-order valence-corrected chi connectivity index (χ4v) is 2.02. The summed E-state index contributed by atoms with van der Waals surface area (Å²) in [6.45, 7) is 5.41. The Hall–Kier alpha value is -1.02. The van der Waals surface area contributed by atoms with E-state index in [2.05, 4.69) is 27.8 Å². The molecule has 0 spiro atoms. The number of ether oxygens (including phenoxy) is 2. The first-order valence-electron chi connectivity index (χ1n) is 7.95. The van der Waals surface area contributed by atoms with E-state index in [-0.39, 0.29) is 24.0 Å². The first-order chi connectivity index (χ1) is 10.8. The zero-order valence-electron chi connectivity index (χ0n) is 14.4. The van der Waals surface area contributed by atoms with Gasteiger partial charge >= 0.3 is 0 Å². The van der Waals surface area contributed by atoms with Gasteiger partial charge in [0, 0.05) is 33.4 Å². The van der Waals surface area contributed by atoms with E-state index in [0.717, 1.165) is 57.3 Å². The summed E-state index contributed by atoms with van der Waals surface area (Å²) in [6, 6.07) is 8.15. The predicted molar refractivity (Wildman–Crippen MR) is 107 cm³/mol. The molecule has 0 unspecified atom stereocenters. The first kappa shape index (κ1) is 22.0. The maximum absolute atomic E-state index is 5.31. The zero-order chi connectivity index (χ0) is 16.0. The number of halogens is 1. The van der Waals surface area contributed by atoms with Crippen LogP contribution in [0.15, 0.2) is 29.3 Å². The summed E-state index contributed by atoms with van der Waals surface area (Å²) in [5.74, 6) is 1.74. The molecule has 1 rings (SSSR count). The van der Waals surface area contributed by atoms with Crippen molar-refractivity contribution in [3.8, 4) is 5.75 Å². The summed E-state index contributed by atoms with van der Waals surface area (Å²) in [7, 11) is 3.48. The van der Waals surface area contributed by atoms with Gasteiger partial charge < -0.3 is 20.1 Å². The minimum absolute atomic E-state index is 0. The summed E-state index contributed by atoms with van der Waals surface area (Å²) in [5, 5.41) is 6.64. The number of nitrogens with zero attached hydrogens (tertiary/aromatic N) is 1. The van der Waals surface area contributed by atoms with Crippen molar-refractivity contribution in [3.05, 3.63) is 29.8 Å². The van der Waals surface area contributed by atoms with Crippen LogP contribution in [0.5, 0.6) is 5.75 Å². The highest BCUT2D eigenvalue weighted by Crippen LogP contribution is 2.11. The van der Waals surface area contributed by atoms with Crippen LogP contribution < -0.4 is 15.4 Å². The number of methoxy groups -OCH3 is 1. The van der Waals surface area contributed by atoms with E-state index in [1.54, 1.807) is 14.2 Å². The minimum Gasteiger partial charge on any atom is -0.497 e. The zero-order valence-corrected chi connectivity index (χ0v) is 16.8. The van der Waals surface area contributed by atoms with Crippen molar-refractivity contribution in [3.63, 3.8) is 0 Å². The fourth-order valence-electron chi connectivity index (χ4n) is 2.02. The Labute approximate surface area is 157 Å². The van der Waals surface area contributed by atoms with Crippen molar-refractivity contribution in [2.24, 2.45) is 4.99 Å². The van der Waals surface area contributed by atoms with E-state index < -0.39 is 0 Å². The molecule has 0 saturated carbocycles. The van der Waals surface area contributed by atoms with Gasteiger partial charge in [0.2, 0.25) is 0 Å². The van der Waals surface area contributed by atoms with Crippen molar-refractivity contribution in [1.82, 2.24) is 10.6 Å². The second kappa shape index (κ2) is 14.6. The summed E-state index contributed by atoms with van der Waals surface area (Å²) < 4.78 is 10.5. The van der Waals surface area contributed by atoms with E-state index in [4.69, 9.17) is 9.47 Å². The monoisotopic (exact) mass is 435 g/mol. The van der Waals surface area contributed by atoms with Gasteiger partial charge in [0.15, 0.2) is 5.96 Å². The lowest BCUT2D eigenvalue weighted by molar-refractivity contribution is 0.143. The highest BCUT2D eigenvalue weighted by molar-refractivity contribution is 14.0. The molecule has 0 amide bonds. The predicted octanol–water partition coefficient (Wildman–Crippen LogP) is 2.84. The summed E-state index contributed by atoms with van der Waals surface area (Å²) in [5.41, 5.74) is 1.28. The Balaban J connectivity index is 0.00000484. The van der Waals surface area contributed by atoms with Gasteiger partial charge in [-0.05, 0) is 43.9 Å². The van der Waals surface area contributed by atoms with Crippen molar-refractivity contribution < 1.29 is 9.47 Å². The highest BCUT2D eigenvalue weighted by atomic mass is 127. The number of nitrogens with one attached hydrogen (secondary N) is 2. The fraction of sp³-hybridized carbons (Fsp3) is 0.588. The Bertz CT molecular complexity index is 424. The van der Waals surface area contributed by atoms with Gasteiger partial charge in [-0.3, -0.25) is 4.99 Å². The van der Waals surface area contributed by atoms with Crippen LogP contribution in [0.4, 0.5) is 0 Å². The van der Waals surface area contributed by atoms with Crippen molar-refractivity contribution in [2.75, 3.05) is 40.5 Å². The van der Waals surface area contributed by atoms with E-state index >= 15 is 0 Å². The van der Waals surface area contributed by atoms with Gasteiger partial charge in [-0.15, -0.1) is 24.0 Å². The molecule has 6 heteroatoms. The van der Waals surface area contributed by atoms with Gasteiger partial charge in [-0.2, -0.15) is 0 Å². The number of hydrogen-bond acceptors (Lipinski definition) is 3. The molecule has 0 bridgehead atoms. The first-order valence-corrected chi connectivity index (χ1v) is 7.95. The normalized spacial score (nSPS) is 10.8. The van der Waals surface area contributed by atoms with Crippen molar-refractivity contribution in [1.29, 1.82) is 0 Å². The van der Waals surface area contributed by atoms with Crippen LogP contribution in [0.2, 0.25) is 0 Å². The molecule has 132 valence electrons. The largest absolute Gasteiger partial charge is 0.497 e.